The van der Waals surface area contributed by atoms with Gasteiger partial charge in [0.2, 0.25) is 5.88 Å². The quantitative estimate of drug-likeness (QED) is 0.360. The lowest BCUT2D eigenvalue weighted by atomic mass is 10.1. The molecular weight excluding hydrogens is 416 g/mol. The molecule has 1 amide bonds. The zero-order chi connectivity index (χ0) is 22.5. The first-order valence-electron chi connectivity index (χ1n) is 9.32. The highest BCUT2D eigenvalue weighted by Gasteiger charge is 2.18. The third-order valence-electron chi connectivity index (χ3n) is 4.45. The van der Waals surface area contributed by atoms with Crippen LogP contribution >= 0.6 is 11.6 Å². The van der Waals surface area contributed by atoms with Crippen molar-refractivity contribution >= 4 is 29.2 Å². The second-order valence-electron chi connectivity index (χ2n) is 6.70. The molecule has 31 heavy (non-hydrogen) atoms. The Balaban J connectivity index is 2.22. The number of nitrogens with one attached hydrogen (secondary N) is 1. The van der Waals surface area contributed by atoms with Crippen LogP contribution in [0.3, 0.4) is 0 Å². The van der Waals surface area contributed by atoms with Gasteiger partial charge in [0, 0.05) is 17.8 Å². The van der Waals surface area contributed by atoms with Crippen molar-refractivity contribution in [2.75, 3.05) is 6.54 Å². The lowest BCUT2D eigenvalue weighted by molar-refractivity contribution is -0.116. The number of carbonyl (C=O) groups is 1. The number of nitriles is 1. The van der Waals surface area contributed by atoms with Crippen molar-refractivity contribution in [1.29, 1.82) is 5.26 Å². The predicted molar refractivity (Wildman–Crippen MR) is 119 cm³/mol. The molecule has 0 fully saturated rings. The number of aryl methyl sites for hydroxylation is 2. The summed E-state index contributed by atoms with van der Waals surface area (Å²) in [6.07, 6.45) is 4.23. The first kappa shape index (κ1) is 21.8. The highest BCUT2D eigenvalue weighted by atomic mass is 35.5. The van der Waals surface area contributed by atoms with Gasteiger partial charge in [-0.05, 0) is 55.3 Å². The van der Waals surface area contributed by atoms with E-state index in [1.54, 1.807) is 30.5 Å². The minimum atomic E-state index is -0.635. The Morgan fingerprint density at radius 2 is 2.13 bits per heavy atom. The number of benzene rings is 1. The van der Waals surface area contributed by atoms with Gasteiger partial charge < -0.3 is 10.1 Å². The molecule has 0 bridgehead atoms. The third kappa shape index (κ3) is 4.65. The van der Waals surface area contributed by atoms with Crippen LogP contribution in [0.15, 0.2) is 59.6 Å². The van der Waals surface area contributed by atoms with Gasteiger partial charge in [-0.3, -0.25) is 14.0 Å². The number of ether oxygens (including phenoxy) is 1. The van der Waals surface area contributed by atoms with Crippen molar-refractivity contribution in [2.24, 2.45) is 0 Å². The smallest absolute Gasteiger partial charge is 0.269 e. The van der Waals surface area contributed by atoms with Crippen LogP contribution < -0.4 is 15.6 Å². The first-order chi connectivity index (χ1) is 14.8. The highest BCUT2D eigenvalue weighted by Crippen LogP contribution is 2.27. The molecular formula is C23H19ClN4O3. The number of hydrogen-bond acceptors (Lipinski definition) is 5. The van der Waals surface area contributed by atoms with Gasteiger partial charge >= 0.3 is 0 Å². The molecule has 0 spiro atoms. The number of amides is 1. The van der Waals surface area contributed by atoms with E-state index in [9.17, 15) is 14.9 Å². The lowest BCUT2D eigenvalue weighted by Gasteiger charge is -2.12. The van der Waals surface area contributed by atoms with Crippen LogP contribution in [0.2, 0.25) is 5.02 Å². The van der Waals surface area contributed by atoms with Crippen LogP contribution in [0, 0.1) is 25.2 Å². The van der Waals surface area contributed by atoms with Crippen molar-refractivity contribution in [2.45, 2.75) is 13.8 Å². The van der Waals surface area contributed by atoms with E-state index in [4.69, 9.17) is 16.3 Å². The number of fused-ring (bicyclic) bond motifs is 1. The Hall–Kier alpha value is -3.89. The number of aromatic nitrogens is 2. The van der Waals surface area contributed by atoms with E-state index >= 15 is 0 Å². The molecule has 0 radical (unpaired) electrons. The molecule has 1 N–H and O–H groups in total. The van der Waals surface area contributed by atoms with Gasteiger partial charge in [-0.1, -0.05) is 23.7 Å². The minimum Gasteiger partial charge on any atom is -0.438 e. The molecule has 0 atom stereocenters. The summed E-state index contributed by atoms with van der Waals surface area (Å²) in [6.45, 7) is 7.34. The van der Waals surface area contributed by atoms with Crippen LogP contribution in [0.5, 0.6) is 11.6 Å². The second kappa shape index (κ2) is 9.28. The SMILES string of the molecule is C=CCNC(=O)C(C#N)=Cc1c(Oc2ccc(Cl)c(C)c2)nc2c(C)cccn2c1=O. The van der Waals surface area contributed by atoms with E-state index in [0.29, 0.717) is 16.4 Å². The topological polar surface area (TPSA) is 96.5 Å². The summed E-state index contributed by atoms with van der Waals surface area (Å²) in [5.74, 6) is -0.245. The molecule has 2 aromatic heterocycles. The number of hydrogen-bond donors (Lipinski definition) is 1. The number of nitrogens with zero attached hydrogens (tertiary/aromatic N) is 3. The van der Waals surface area contributed by atoms with Crippen molar-refractivity contribution < 1.29 is 9.53 Å². The van der Waals surface area contributed by atoms with Gasteiger partial charge in [-0.15, -0.1) is 6.58 Å². The predicted octanol–water partition coefficient (Wildman–Crippen LogP) is 3.97. The Labute approximate surface area is 183 Å². The molecule has 0 saturated carbocycles. The van der Waals surface area contributed by atoms with Crippen molar-refractivity contribution in [1.82, 2.24) is 14.7 Å². The Kier molecular flexibility index (Phi) is 6.53. The van der Waals surface area contributed by atoms with Gasteiger partial charge in [0.15, 0.2) is 0 Å². The average Bonchev–Trinajstić information content (AvgIpc) is 2.75. The number of pyridine rings is 1. The maximum atomic E-state index is 13.2. The maximum absolute atomic E-state index is 13.2. The fourth-order valence-corrected chi connectivity index (χ4v) is 2.96. The first-order valence-corrected chi connectivity index (χ1v) is 9.70. The van der Waals surface area contributed by atoms with Gasteiger partial charge in [0.1, 0.15) is 28.6 Å². The van der Waals surface area contributed by atoms with E-state index in [0.717, 1.165) is 11.1 Å². The van der Waals surface area contributed by atoms with Crippen LogP contribution in [-0.2, 0) is 4.79 Å². The maximum Gasteiger partial charge on any atom is 0.269 e. The van der Waals surface area contributed by atoms with Gasteiger partial charge in [0.25, 0.3) is 11.5 Å². The van der Waals surface area contributed by atoms with E-state index in [-0.39, 0.29) is 23.6 Å². The summed E-state index contributed by atoms with van der Waals surface area (Å²) in [5.41, 5.74) is 1.19. The molecule has 7 nitrogen and oxygen atoms in total. The van der Waals surface area contributed by atoms with Crippen molar-refractivity contribution in [3.8, 4) is 17.7 Å². The van der Waals surface area contributed by atoms with Crippen LogP contribution in [0.4, 0.5) is 0 Å². The molecule has 0 aliphatic rings. The standard InChI is InChI=1S/C23H19ClN4O3/c1-4-9-26-21(29)16(13-25)12-18-22(31-17-7-8-19(24)15(3)11-17)27-20-14(2)6-5-10-28(20)23(18)30/h4-8,10-12H,1,9H2,2-3H3,(H,26,29). The fraction of sp³-hybridized carbons (Fsp3) is 0.130. The molecule has 3 aromatic rings. The summed E-state index contributed by atoms with van der Waals surface area (Å²) in [6, 6.07) is 10.4. The average molecular weight is 435 g/mol. The Morgan fingerprint density at radius 1 is 1.35 bits per heavy atom. The zero-order valence-electron chi connectivity index (χ0n) is 17.0. The number of carbonyl (C=O) groups excluding carboxylic acids is 1. The summed E-state index contributed by atoms with van der Waals surface area (Å²) in [5, 5.41) is 12.6. The number of rotatable bonds is 6. The minimum absolute atomic E-state index is 0.0229. The normalized spacial score (nSPS) is 11.1. The molecule has 8 heteroatoms. The van der Waals surface area contributed by atoms with E-state index in [2.05, 4.69) is 16.9 Å². The molecule has 0 aliphatic heterocycles. The molecule has 3 rings (SSSR count). The molecule has 2 heterocycles. The van der Waals surface area contributed by atoms with E-state index in [1.165, 1.54) is 16.6 Å². The Morgan fingerprint density at radius 3 is 2.81 bits per heavy atom. The molecule has 156 valence electrons. The van der Waals surface area contributed by atoms with Gasteiger partial charge in [0.05, 0.1) is 0 Å². The zero-order valence-corrected chi connectivity index (χ0v) is 17.7. The largest absolute Gasteiger partial charge is 0.438 e. The number of halogens is 1. The van der Waals surface area contributed by atoms with E-state index < -0.39 is 11.5 Å². The van der Waals surface area contributed by atoms with Crippen molar-refractivity contribution in [3.05, 3.63) is 86.8 Å². The second-order valence-corrected chi connectivity index (χ2v) is 7.11. The van der Waals surface area contributed by atoms with E-state index in [1.807, 2.05) is 26.0 Å². The van der Waals surface area contributed by atoms with Gasteiger partial charge in [-0.2, -0.15) is 10.2 Å². The summed E-state index contributed by atoms with van der Waals surface area (Å²) in [4.78, 5) is 30.0. The molecule has 0 aliphatic carbocycles. The summed E-state index contributed by atoms with van der Waals surface area (Å²) >= 11 is 6.08. The molecule has 0 unspecified atom stereocenters. The molecule has 1 aromatic carbocycles. The summed E-state index contributed by atoms with van der Waals surface area (Å²) in [7, 11) is 0. The lowest BCUT2D eigenvalue weighted by Crippen LogP contribution is -2.25. The van der Waals surface area contributed by atoms with Crippen molar-refractivity contribution in [3.63, 3.8) is 0 Å². The van der Waals surface area contributed by atoms with Gasteiger partial charge in [-0.25, -0.2) is 0 Å². The Bertz CT molecular complexity index is 1320. The van der Waals surface area contributed by atoms with Crippen LogP contribution in [0.25, 0.3) is 11.7 Å². The monoisotopic (exact) mass is 434 g/mol. The molecule has 0 saturated heterocycles. The van der Waals surface area contributed by atoms with Crippen LogP contribution in [-0.4, -0.2) is 21.8 Å². The fourth-order valence-electron chi connectivity index (χ4n) is 2.84. The van der Waals surface area contributed by atoms with Crippen LogP contribution in [0.1, 0.15) is 16.7 Å². The summed E-state index contributed by atoms with van der Waals surface area (Å²) < 4.78 is 7.26. The third-order valence-corrected chi connectivity index (χ3v) is 4.88. The highest BCUT2D eigenvalue weighted by molar-refractivity contribution is 6.31.